The number of anilines is 2. The van der Waals surface area contributed by atoms with Crippen LogP contribution in [-0.2, 0) is 0 Å². The molecule has 0 atom stereocenters. The van der Waals surface area contributed by atoms with Gasteiger partial charge in [0.2, 0.25) is 5.95 Å². The predicted octanol–water partition coefficient (Wildman–Crippen LogP) is 2.53. The maximum Gasteiger partial charge on any atom is 0.226 e. The van der Waals surface area contributed by atoms with Crippen molar-refractivity contribution in [2.45, 2.75) is 45.1 Å². The highest BCUT2D eigenvalue weighted by Crippen LogP contribution is 2.38. The van der Waals surface area contributed by atoms with E-state index in [0.717, 1.165) is 29.8 Å². The van der Waals surface area contributed by atoms with Gasteiger partial charge in [-0.05, 0) is 32.6 Å². The van der Waals surface area contributed by atoms with Crippen LogP contribution in [0, 0.1) is 0 Å². The van der Waals surface area contributed by atoms with Gasteiger partial charge in [0.15, 0.2) is 5.65 Å². The molecular formula is C13H20N6. The first kappa shape index (κ1) is 12.2. The van der Waals surface area contributed by atoms with Gasteiger partial charge in [-0.3, -0.25) is 5.10 Å². The number of H-pyrrole nitrogens is 1. The number of fused-ring (bicyclic) bond motifs is 1. The van der Waals surface area contributed by atoms with E-state index in [1.807, 2.05) is 6.92 Å². The average molecular weight is 260 g/mol. The van der Waals surface area contributed by atoms with Crippen LogP contribution in [0.4, 0.5) is 11.8 Å². The Balaban J connectivity index is 1.98. The number of rotatable bonds is 5. The molecule has 1 aliphatic rings. The molecule has 0 aromatic carbocycles. The summed E-state index contributed by atoms with van der Waals surface area (Å²) in [6, 6.07) is 0. The minimum atomic E-state index is 0.210. The Morgan fingerprint density at radius 1 is 1.32 bits per heavy atom. The summed E-state index contributed by atoms with van der Waals surface area (Å²) in [6.45, 7) is 5.07. The molecule has 1 fully saturated rings. The van der Waals surface area contributed by atoms with Crippen LogP contribution in [0.1, 0.15) is 39.5 Å². The van der Waals surface area contributed by atoms with E-state index in [1.54, 1.807) is 6.20 Å². The lowest BCUT2D eigenvalue weighted by Crippen LogP contribution is -2.44. The molecule has 0 bridgehead atoms. The number of aromatic nitrogens is 4. The monoisotopic (exact) mass is 260 g/mol. The molecule has 0 amide bonds. The fourth-order valence-corrected chi connectivity index (χ4v) is 2.59. The van der Waals surface area contributed by atoms with Crippen LogP contribution in [-0.4, -0.2) is 32.2 Å². The van der Waals surface area contributed by atoms with E-state index in [4.69, 9.17) is 0 Å². The van der Waals surface area contributed by atoms with Gasteiger partial charge in [0.05, 0.1) is 11.6 Å². The SMILES string of the molecule is CCNc1nc(NC2(CC)CCC2)c2cn[nH]c2n1. The lowest BCUT2D eigenvalue weighted by atomic mass is 9.75. The van der Waals surface area contributed by atoms with Crippen LogP contribution in [0.5, 0.6) is 0 Å². The first-order valence-corrected chi connectivity index (χ1v) is 6.99. The molecule has 6 heteroatoms. The topological polar surface area (TPSA) is 78.5 Å². The molecular weight excluding hydrogens is 240 g/mol. The summed E-state index contributed by atoms with van der Waals surface area (Å²) in [5.74, 6) is 1.53. The van der Waals surface area contributed by atoms with Crippen LogP contribution in [0.3, 0.4) is 0 Å². The highest BCUT2D eigenvalue weighted by molar-refractivity contribution is 5.87. The van der Waals surface area contributed by atoms with Gasteiger partial charge < -0.3 is 10.6 Å². The fraction of sp³-hybridized carbons (Fsp3) is 0.615. The van der Waals surface area contributed by atoms with Gasteiger partial charge in [-0.1, -0.05) is 6.92 Å². The summed E-state index contributed by atoms with van der Waals surface area (Å²) in [7, 11) is 0. The zero-order valence-corrected chi connectivity index (χ0v) is 11.5. The smallest absolute Gasteiger partial charge is 0.226 e. The zero-order valence-electron chi connectivity index (χ0n) is 11.5. The minimum Gasteiger partial charge on any atom is -0.364 e. The Morgan fingerprint density at radius 3 is 2.79 bits per heavy atom. The second kappa shape index (κ2) is 4.68. The van der Waals surface area contributed by atoms with Crippen molar-refractivity contribution in [2.24, 2.45) is 0 Å². The largest absolute Gasteiger partial charge is 0.364 e. The maximum absolute atomic E-state index is 4.58. The van der Waals surface area contributed by atoms with Crippen molar-refractivity contribution in [3.05, 3.63) is 6.20 Å². The molecule has 0 unspecified atom stereocenters. The summed E-state index contributed by atoms with van der Waals surface area (Å²) in [5, 5.41) is 14.7. The second-order valence-corrected chi connectivity index (χ2v) is 5.17. The standard InChI is InChI=1S/C13H20N6/c1-3-13(6-5-7-13)18-10-9-8-15-19-11(9)17-12(16-10)14-4-2/h8H,3-7H2,1-2H3,(H3,14,15,16,17,18,19). The van der Waals surface area contributed by atoms with E-state index in [2.05, 4.69) is 37.7 Å². The molecule has 0 spiro atoms. The molecule has 2 aromatic rings. The van der Waals surface area contributed by atoms with E-state index in [-0.39, 0.29) is 5.54 Å². The lowest BCUT2D eigenvalue weighted by Gasteiger charge is -2.42. The average Bonchev–Trinajstić information content (AvgIpc) is 2.82. The number of nitrogens with one attached hydrogen (secondary N) is 3. The molecule has 0 aliphatic heterocycles. The number of nitrogens with zero attached hydrogens (tertiary/aromatic N) is 3. The van der Waals surface area contributed by atoms with Crippen molar-refractivity contribution in [3.8, 4) is 0 Å². The van der Waals surface area contributed by atoms with Crippen molar-refractivity contribution in [1.29, 1.82) is 0 Å². The zero-order chi connectivity index (χ0) is 13.3. The van der Waals surface area contributed by atoms with Crippen LogP contribution in [0.2, 0.25) is 0 Å². The van der Waals surface area contributed by atoms with E-state index in [9.17, 15) is 0 Å². The summed E-state index contributed by atoms with van der Waals surface area (Å²) < 4.78 is 0. The third-order valence-electron chi connectivity index (χ3n) is 4.02. The number of aromatic amines is 1. The molecule has 3 rings (SSSR count). The van der Waals surface area contributed by atoms with Crippen LogP contribution in [0.15, 0.2) is 6.20 Å². The molecule has 102 valence electrons. The quantitative estimate of drug-likeness (QED) is 0.770. The molecule has 0 saturated heterocycles. The third-order valence-corrected chi connectivity index (χ3v) is 4.02. The van der Waals surface area contributed by atoms with Gasteiger partial charge in [-0.15, -0.1) is 0 Å². The first-order chi connectivity index (χ1) is 9.26. The van der Waals surface area contributed by atoms with Crippen LogP contribution < -0.4 is 10.6 Å². The highest BCUT2D eigenvalue weighted by Gasteiger charge is 2.35. The Kier molecular flexibility index (Phi) is 3.00. The molecule has 3 N–H and O–H groups in total. The first-order valence-electron chi connectivity index (χ1n) is 6.99. The maximum atomic E-state index is 4.58. The Hall–Kier alpha value is -1.85. The van der Waals surface area contributed by atoms with E-state index in [0.29, 0.717) is 5.95 Å². The van der Waals surface area contributed by atoms with E-state index >= 15 is 0 Å². The van der Waals surface area contributed by atoms with Gasteiger partial charge in [0.25, 0.3) is 0 Å². The summed E-state index contributed by atoms with van der Waals surface area (Å²) in [4.78, 5) is 8.99. The molecule has 1 aliphatic carbocycles. The van der Waals surface area contributed by atoms with E-state index in [1.165, 1.54) is 19.3 Å². The molecule has 19 heavy (non-hydrogen) atoms. The molecule has 6 nitrogen and oxygen atoms in total. The minimum absolute atomic E-state index is 0.210. The van der Waals surface area contributed by atoms with Crippen LogP contribution >= 0.6 is 0 Å². The molecule has 2 heterocycles. The molecule has 1 saturated carbocycles. The van der Waals surface area contributed by atoms with Gasteiger partial charge in [-0.25, -0.2) is 0 Å². The van der Waals surface area contributed by atoms with E-state index < -0.39 is 0 Å². The Morgan fingerprint density at radius 2 is 2.16 bits per heavy atom. The number of hydrogen-bond acceptors (Lipinski definition) is 5. The van der Waals surface area contributed by atoms with Crippen molar-refractivity contribution >= 4 is 22.8 Å². The van der Waals surface area contributed by atoms with Crippen molar-refractivity contribution in [1.82, 2.24) is 20.2 Å². The molecule has 0 radical (unpaired) electrons. The summed E-state index contributed by atoms with van der Waals surface area (Å²) >= 11 is 0. The van der Waals surface area contributed by atoms with Crippen molar-refractivity contribution in [3.63, 3.8) is 0 Å². The van der Waals surface area contributed by atoms with Gasteiger partial charge in [0, 0.05) is 12.1 Å². The predicted molar refractivity (Wildman–Crippen MR) is 76.3 cm³/mol. The summed E-state index contributed by atoms with van der Waals surface area (Å²) in [5.41, 5.74) is 0.987. The van der Waals surface area contributed by atoms with Gasteiger partial charge >= 0.3 is 0 Å². The second-order valence-electron chi connectivity index (χ2n) is 5.17. The lowest BCUT2D eigenvalue weighted by molar-refractivity contribution is 0.269. The third kappa shape index (κ3) is 2.11. The van der Waals surface area contributed by atoms with Gasteiger partial charge in [-0.2, -0.15) is 15.1 Å². The van der Waals surface area contributed by atoms with Gasteiger partial charge in [0.1, 0.15) is 5.82 Å². The number of hydrogen-bond donors (Lipinski definition) is 3. The van der Waals surface area contributed by atoms with Crippen molar-refractivity contribution in [2.75, 3.05) is 17.2 Å². The van der Waals surface area contributed by atoms with Crippen LogP contribution in [0.25, 0.3) is 11.0 Å². The normalized spacial score (nSPS) is 17.2. The van der Waals surface area contributed by atoms with Crippen molar-refractivity contribution < 1.29 is 0 Å². The molecule has 2 aromatic heterocycles. The Labute approximate surface area is 112 Å². The summed E-state index contributed by atoms with van der Waals surface area (Å²) in [6.07, 6.45) is 6.62. The fourth-order valence-electron chi connectivity index (χ4n) is 2.59. The Bertz CT molecular complexity index is 566. The highest BCUT2D eigenvalue weighted by atomic mass is 15.2.